The summed E-state index contributed by atoms with van der Waals surface area (Å²) in [6.07, 6.45) is 3.82. The molecule has 0 spiro atoms. The number of carbonyl (C=O) groups is 3. The Kier molecular flexibility index (Phi) is 11.9. The van der Waals surface area contributed by atoms with E-state index >= 15 is 0 Å². The van der Waals surface area contributed by atoms with Crippen molar-refractivity contribution in [1.29, 1.82) is 0 Å². The van der Waals surface area contributed by atoms with E-state index in [-0.39, 0.29) is 34.0 Å². The van der Waals surface area contributed by atoms with E-state index in [1.165, 1.54) is 6.20 Å². The van der Waals surface area contributed by atoms with Crippen LogP contribution in [0, 0.1) is 0 Å². The van der Waals surface area contributed by atoms with E-state index < -0.39 is 15.6 Å². The van der Waals surface area contributed by atoms with Crippen LogP contribution in [0.1, 0.15) is 64.7 Å². The summed E-state index contributed by atoms with van der Waals surface area (Å²) in [7, 11) is -3.39. The van der Waals surface area contributed by atoms with Gasteiger partial charge in [0.25, 0.3) is 5.91 Å². The van der Waals surface area contributed by atoms with Crippen LogP contribution >= 0.6 is 11.6 Å². The van der Waals surface area contributed by atoms with Gasteiger partial charge in [-0.1, -0.05) is 17.7 Å². The van der Waals surface area contributed by atoms with Crippen LogP contribution in [0.3, 0.4) is 0 Å². The van der Waals surface area contributed by atoms with Crippen molar-refractivity contribution in [3.05, 3.63) is 47.2 Å². The van der Waals surface area contributed by atoms with Crippen molar-refractivity contribution < 1.29 is 32.3 Å². The Hall–Kier alpha value is -3.62. The number of rotatable bonds is 5. The van der Waals surface area contributed by atoms with E-state index in [1.54, 1.807) is 45.2 Å². The lowest BCUT2D eigenvalue weighted by Crippen LogP contribution is -2.51. The minimum absolute atomic E-state index is 0.200. The molecule has 1 aromatic carbocycles. The lowest BCUT2D eigenvalue weighted by molar-refractivity contribution is 0.0140. The van der Waals surface area contributed by atoms with Gasteiger partial charge in [-0.05, 0) is 78.1 Å². The highest BCUT2D eigenvalue weighted by Gasteiger charge is 2.36. The second-order valence-corrected chi connectivity index (χ2v) is 16.3. The summed E-state index contributed by atoms with van der Waals surface area (Å²) in [6, 6.07) is 6.77. The van der Waals surface area contributed by atoms with E-state index in [9.17, 15) is 22.8 Å². The monoisotopic (exact) mass is 706 g/mol. The highest BCUT2D eigenvalue weighted by atomic mass is 35.5. The number of pyridine rings is 1. The second-order valence-electron chi connectivity index (χ2n) is 14.0. The predicted octanol–water partition coefficient (Wildman–Crippen LogP) is 4.83. The predicted molar refractivity (Wildman–Crippen MR) is 185 cm³/mol. The number of nitrogens with zero attached hydrogens (tertiary/aromatic N) is 4. The molecular formula is C33H47ClN6O7S. The first-order chi connectivity index (χ1) is 22.4. The van der Waals surface area contributed by atoms with Gasteiger partial charge in [-0.15, -0.1) is 0 Å². The van der Waals surface area contributed by atoms with Crippen molar-refractivity contribution in [2.75, 3.05) is 57.1 Å². The van der Waals surface area contributed by atoms with Gasteiger partial charge in [0, 0.05) is 64.1 Å². The van der Waals surface area contributed by atoms with Gasteiger partial charge < -0.3 is 29.5 Å². The van der Waals surface area contributed by atoms with E-state index in [1.807, 2.05) is 41.5 Å². The standard InChI is InChI=1S/C24H29ClN4O5S.C9H18N2O2/c1-24(2,3)34-23(31)29-10-8-28(9-11-29)22(30)20-7-4-16(13-21(20)25)17-12-18(15-26-14-17)27-35(32,33)19-5-6-19;1-9(2,3)13-8(12)11-6-4-10-5-7-11/h4,7,12-15,19,27H,5-6,8-11H2,1-3H3;10H,4-7H2,1-3H3. The molecule has 15 heteroatoms. The number of sulfonamides is 1. The molecule has 2 N–H and O–H groups in total. The van der Waals surface area contributed by atoms with Crippen molar-refractivity contribution in [1.82, 2.24) is 25.0 Å². The van der Waals surface area contributed by atoms with Crippen molar-refractivity contribution >= 4 is 45.4 Å². The van der Waals surface area contributed by atoms with Crippen molar-refractivity contribution in [3.8, 4) is 11.1 Å². The number of halogens is 1. The molecule has 0 radical (unpaired) electrons. The molecule has 2 aliphatic heterocycles. The van der Waals surface area contributed by atoms with E-state index in [0.29, 0.717) is 61.4 Å². The molecule has 2 aromatic rings. The van der Waals surface area contributed by atoms with Gasteiger partial charge in [-0.3, -0.25) is 14.5 Å². The zero-order chi connectivity index (χ0) is 35.3. The number of hydrogen-bond acceptors (Lipinski definition) is 9. The molecule has 1 aromatic heterocycles. The Labute approximate surface area is 288 Å². The van der Waals surface area contributed by atoms with Crippen LogP contribution in [0.25, 0.3) is 11.1 Å². The number of benzene rings is 1. The van der Waals surface area contributed by atoms with Crippen LogP contribution < -0.4 is 10.0 Å². The Morgan fingerprint density at radius 3 is 1.88 bits per heavy atom. The van der Waals surface area contributed by atoms with E-state index in [2.05, 4.69) is 15.0 Å². The molecule has 1 saturated carbocycles. The number of amides is 3. The van der Waals surface area contributed by atoms with Crippen LogP contribution in [-0.4, -0.2) is 115 Å². The topological polar surface area (TPSA) is 150 Å². The summed E-state index contributed by atoms with van der Waals surface area (Å²) < 4.78 is 37.7. The molecule has 3 amide bonds. The molecule has 2 saturated heterocycles. The maximum absolute atomic E-state index is 13.1. The van der Waals surface area contributed by atoms with Crippen LogP contribution in [0.5, 0.6) is 0 Å². The molecule has 0 bridgehead atoms. The lowest BCUT2D eigenvalue weighted by Gasteiger charge is -2.35. The summed E-state index contributed by atoms with van der Waals surface area (Å²) in [5.74, 6) is -0.213. The number of carbonyl (C=O) groups excluding carboxylic acids is 3. The third-order valence-electron chi connectivity index (χ3n) is 7.48. The molecule has 1 aliphatic carbocycles. The number of anilines is 1. The van der Waals surface area contributed by atoms with Gasteiger partial charge in [-0.25, -0.2) is 18.0 Å². The average Bonchev–Trinajstić information content (AvgIpc) is 3.87. The fourth-order valence-electron chi connectivity index (χ4n) is 4.91. The smallest absolute Gasteiger partial charge is 0.410 e. The first-order valence-electron chi connectivity index (χ1n) is 16.1. The lowest BCUT2D eigenvalue weighted by atomic mass is 10.0. The van der Waals surface area contributed by atoms with Gasteiger partial charge in [-0.2, -0.15) is 0 Å². The maximum atomic E-state index is 13.1. The van der Waals surface area contributed by atoms with Gasteiger partial charge >= 0.3 is 12.2 Å². The Bertz CT molecular complexity index is 1570. The number of nitrogens with one attached hydrogen (secondary N) is 2. The molecule has 3 fully saturated rings. The molecule has 0 unspecified atom stereocenters. The summed E-state index contributed by atoms with van der Waals surface area (Å²) >= 11 is 6.48. The van der Waals surface area contributed by atoms with Crippen LogP contribution in [0.15, 0.2) is 36.7 Å². The largest absolute Gasteiger partial charge is 0.444 e. The molecule has 5 rings (SSSR count). The zero-order valence-corrected chi connectivity index (χ0v) is 30.1. The highest BCUT2D eigenvalue weighted by Crippen LogP contribution is 2.31. The van der Waals surface area contributed by atoms with Crippen LogP contribution in [0.2, 0.25) is 5.02 Å². The summed E-state index contributed by atoms with van der Waals surface area (Å²) in [6.45, 7) is 15.8. The van der Waals surface area contributed by atoms with Crippen LogP contribution in [-0.2, 0) is 19.5 Å². The first-order valence-corrected chi connectivity index (χ1v) is 18.1. The molecule has 264 valence electrons. The van der Waals surface area contributed by atoms with Gasteiger partial charge in [0.2, 0.25) is 10.0 Å². The fourth-order valence-corrected chi connectivity index (χ4v) is 6.54. The number of ether oxygens (including phenoxy) is 2. The van der Waals surface area contributed by atoms with Gasteiger partial charge in [0.15, 0.2) is 0 Å². The van der Waals surface area contributed by atoms with Gasteiger partial charge in [0.1, 0.15) is 11.2 Å². The number of piperazine rings is 2. The van der Waals surface area contributed by atoms with Crippen molar-refractivity contribution in [2.24, 2.45) is 0 Å². The molecule has 3 aliphatic rings. The summed E-state index contributed by atoms with van der Waals surface area (Å²) in [5, 5.41) is 3.13. The van der Waals surface area contributed by atoms with E-state index in [4.69, 9.17) is 21.1 Å². The summed E-state index contributed by atoms with van der Waals surface area (Å²) in [4.78, 5) is 46.0. The maximum Gasteiger partial charge on any atom is 0.410 e. The molecular weight excluding hydrogens is 660 g/mol. The molecule has 0 atom stereocenters. The van der Waals surface area contributed by atoms with Crippen LogP contribution in [0.4, 0.5) is 15.3 Å². The van der Waals surface area contributed by atoms with Crippen molar-refractivity contribution in [2.45, 2.75) is 70.8 Å². The first kappa shape index (κ1) is 37.2. The summed E-state index contributed by atoms with van der Waals surface area (Å²) in [5.41, 5.74) is 1.17. The molecule has 48 heavy (non-hydrogen) atoms. The van der Waals surface area contributed by atoms with Crippen molar-refractivity contribution in [3.63, 3.8) is 0 Å². The Morgan fingerprint density at radius 1 is 0.812 bits per heavy atom. The Morgan fingerprint density at radius 2 is 1.35 bits per heavy atom. The second kappa shape index (κ2) is 15.3. The third-order valence-corrected chi connectivity index (χ3v) is 9.66. The quantitative estimate of drug-likeness (QED) is 0.446. The van der Waals surface area contributed by atoms with Gasteiger partial charge in [0.05, 0.1) is 27.7 Å². The minimum Gasteiger partial charge on any atom is -0.444 e. The highest BCUT2D eigenvalue weighted by molar-refractivity contribution is 7.93. The SMILES string of the molecule is CC(C)(C)OC(=O)N1CCN(C(=O)c2ccc(-c3cncc(NS(=O)(=O)C4CC4)c3)cc2Cl)CC1.CC(C)(C)OC(=O)N1CCNCC1. The Balaban J connectivity index is 0.000000336. The minimum atomic E-state index is -3.39. The number of hydrogen-bond donors (Lipinski definition) is 2. The number of aromatic nitrogens is 1. The fraction of sp³-hybridized carbons (Fsp3) is 0.576. The zero-order valence-electron chi connectivity index (χ0n) is 28.5. The molecule has 3 heterocycles. The molecule has 13 nitrogen and oxygen atoms in total. The third kappa shape index (κ3) is 11.0. The normalized spacial score (nSPS) is 17.2. The average molecular weight is 707 g/mol. The van der Waals surface area contributed by atoms with E-state index in [0.717, 1.165) is 26.2 Å².